The molecule has 1 aliphatic rings. The number of methoxy groups -OCH3 is 1. The fourth-order valence-corrected chi connectivity index (χ4v) is 5.25. The maximum atomic E-state index is 13.7. The Labute approximate surface area is 218 Å². The molecule has 2 amide bonds. The van der Waals surface area contributed by atoms with Gasteiger partial charge in [0.1, 0.15) is 17.2 Å². The largest absolute Gasteiger partial charge is 0.514 e. The lowest BCUT2D eigenvalue weighted by Crippen LogP contribution is -2.58. The summed E-state index contributed by atoms with van der Waals surface area (Å²) in [6.45, 7) is 8.82. The first-order valence-electron chi connectivity index (χ1n) is 12.7. The van der Waals surface area contributed by atoms with Crippen molar-refractivity contribution in [1.29, 1.82) is 0 Å². The molecule has 204 valence electrons. The number of nitrogens with one attached hydrogen (secondary N) is 1. The maximum absolute atomic E-state index is 13.7. The second kappa shape index (κ2) is 13.9. The maximum Gasteiger partial charge on any atom is 0.514 e. The molecule has 1 aromatic rings. The normalized spacial score (nSPS) is 19.8. The number of aliphatic hydroxyl groups excluding tert-OH is 1. The van der Waals surface area contributed by atoms with Gasteiger partial charge in [0, 0.05) is 19.5 Å². The zero-order valence-electron chi connectivity index (χ0n) is 22.5. The van der Waals surface area contributed by atoms with Crippen LogP contribution in [0.4, 0.5) is 4.79 Å². The van der Waals surface area contributed by atoms with Gasteiger partial charge in [-0.25, -0.2) is 9.78 Å². The van der Waals surface area contributed by atoms with E-state index in [4.69, 9.17) is 4.74 Å². The first kappa shape index (κ1) is 30.0. The summed E-state index contributed by atoms with van der Waals surface area (Å²) in [4.78, 5) is 46.0. The highest BCUT2D eigenvalue weighted by Crippen LogP contribution is 2.29. The number of piperidine rings is 1. The number of nitrogens with zero attached hydrogens (tertiary/aromatic N) is 3. The number of ether oxygens (including phenoxy) is 2. The summed E-state index contributed by atoms with van der Waals surface area (Å²) in [5, 5.41) is 15.8. The summed E-state index contributed by atoms with van der Waals surface area (Å²) >= 11 is 1.16. The summed E-state index contributed by atoms with van der Waals surface area (Å²) in [6.07, 6.45) is 2.00. The topological polar surface area (TPSA) is 121 Å². The number of thiazole rings is 1. The van der Waals surface area contributed by atoms with E-state index in [1.165, 1.54) is 12.5 Å². The van der Waals surface area contributed by atoms with Crippen molar-refractivity contribution < 1.29 is 29.0 Å². The third kappa shape index (κ3) is 7.88. The van der Waals surface area contributed by atoms with Gasteiger partial charge in [0.2, 0.25) is 17.7 Å². The number of carbonyl (C=O) groups is 3. The number of rotatable bonds is 11. The highest BCUT2D eigenvalue weighted by Gasteiger charge is 2.36. The molecule has 2 heterocycles. The molecule has 1 aliphatic heterocycles. The lowest BCUT2D eigenvalue weighted by molar-refractivity contribution is -0.141. The van der Waals surface area contributed by atoms with E-state index in [2.05, 4.69) is 19.9 Å². The molecule has 2 rings (SSSR count). The van der Waals surface area contributed by atoms with Crippen LogP contribution in [0.25, 0.3) is 0 Å². The summed E-state index contributed by atoms with van der Waals surface area (Å²) in [5.74, 6) is -0.231. The van der Waals surface area contributed by atoms with Crippen LogP contribution in [0.1, 0.15) is 70.9 Å². The van der Waals surface area contributed by atoms with Gasteiger partial charge in [0.25, 0.3) is 0 Å². The monoisotopic (exact) mass is 526 g/mol. The SMILES string of the molecule is CCC(C)C(NC(=O)C1CCCCN1C)C(=O)N(C)C(CC(O)c1nc(OC(=O)OC)cs1)C(C)C. The molecule has 0 aliphatic carbocycles. The predicted molar refractivity (Wildman–Crippen MR) is 138 cm³/mol. The highest BCUT2D eigenvalue weighted by atomic mass is 32.1. The molecule has 0 radical (unpaired) electrons. The number of aliphatic hydroxyl groups is 1. The van der Waals surface area contributed by atoms with Crippen molar-refractivity contribution in [2.45, 2.75) is 84.0 Å². The quantitative estimate of drug-likeness (QED) is 0.422. The van der Waals surface area contributed by atoms with Gasteiger partial charge < -0.3 is 24.8 Å². The minimum atomic E-state index is -0.958. The van der Waals surface area contributed by atoms with Crippen molar-refractivity contribution >= 4 is 29.3 Å². The molecule has 0 spiro atoms. The number of aromatic nitrogens is 1. The second-order valence-electron chi connectivity index (χ2n) is 9.96. The lowest BCUT2D eigenvalue weighted by atomic mass is 9.92. The van der Waals surface area contributed by atoms with E-state index in [0.717, 1.165) is 43.6 Å². The Morgan fingerprint density at radius 3 is 2.58 bits per heavy atom. The molecule has 1 aromatic heterocycles. The number of likely N-dealkylation sites (tertiary alicyclic amines) is 1. The zero-order chi connectivity index (χ0) is 27.0. The Bertz CT molecular complexity index is 878. The Morgan fingerprint density at radius 1 is 1.31 bits per heavy atom. The van der Waals surface area contributed by atoms with Crippen LogP contribution in [0, 0.1) is 11.8 Å². The molecule has 0 bridgehead atoms. The number of amides is 2. The van der Waals surface area contributed by atoms with Gasteiger partial charge in [-0.05, 0) is 38.3 Å². The zero-order valence-corrected chi connectivity index (χ0v) is 23.3. The summed E-state index contributed by atoms with van der Waals surface area (Å²) in [5.41, 5.74) is 0. The fraction of sp³-hybridized carbons (Fsp3) is 0.760. The van der Waals surface area contributed by atoms with Gasteiger partial charge in [-0.15, -0.1) is 11.3 Å². The molecule has 5 unspecified atom stereocenters. The smallest absolute Gasteiger partial charge is 0.437 e. The van der Waals surface area contributed by atoms with E-state index in [1.807, 2.05) is 34.7 Å². The molecule has 1 fully saturated rings. The number of likely N-dealkylation sites (N-methyl/N-ethyl adjacent to an activating group) is 2. The van der Waals surface area contributed by atoms with Gasteiger partial charge in [-0.2, -0.15) is 0 Å². The number of hydrogen-bond acceptors (Lipinski definition) is 9. The van der Waals surface area contributed by atoms with Crippen LogP contribution in [-0.2, 0) is 14.3 Å². The predicted octanol–water partition coefficient (Wildman–Crippen LogP) is 3.21. The molecule has 11 heteroatoms. The second-order valence-corrected chi connectivity index (χ2v) is 10.8. The van der Waals surface area contributed by atoms with Crippen molar-refractivity contribution in [2.75, 3.05) is 27.7 Å². The minimum absolute atomic E-state index is 0.0390. The van der Waals surface area contributed by atoms with Crippen LogP contribution < -0.4 is 10.1 Å². The molecule has 10 nitrogen and oxygen atoms in total. The van der Waals surface area contributed by atoms with Crippen molar-refractivity contribution in [2.24, 2.45) is 11.8 Å². The van der Waals surface area contributed by atoms with Gasteiger partial charge in [0.05, 0.1) is 18.5 Å². The van der Waals surface area contributed by atoms with Crippen LogP contribution in [0.15, 0.2) is 5.38 Å². The van der Waals surface area contributed by atoms with Crippen LogP contribution >= 0.6 is 11.3 Å². The van der Waals surface area contributed by atoms with Crippen molar-refractivity contribution in [3.05, 3.63) is 10.4 Å². The lowest BCUT2D eigenvalue weighted by Gasteiger charge is -2.38. The van der Waals surface area contributed by atoms with E-state index in [1.54, 1.807) is 11.9 Å². The molecule has 1 saturated heterocycles. The van der Waals surface area contributed by atoms with Crippen LogP contribution in [-0.4, -0.2) is 83.7 Å². The van der Waals surface area contributed by atoms with Crippen LogP contribution in [0.5, 0.6) is 5.88 Å². The molecule has 0 aromatic carbocycles. The first-order valence-corrected chi connectivity index (χ1v) is 13.5. The summed E-state index contributed by atoms with van der Waals surface area (Å²) in [6, 6.07) is -1.18. The Balaban J connectivity index is 2.14. The standard InChI is InChI=1S/C25H42N4O6S/c1-8-16(4)21(27-22(31)17-11-9-10-12-28(17)5)24(32)29(6)18(15(2)3)13-19(30)23-26-20(14-36-23)35-25(33)34-7/h14-19,21,30H,8-13H2,1-7H3,(H,27,31). The minimum Gasteiger partial charge on any atom is -0.437 e. The Morgan fingerprint density at radius 2 is 2.00 bits per heavy atom. The number of hydrogen-bond donors (Lipinski definition) is 2. The average molecular weight is 527 g/mol. The van der Waals surface area contributed by atoms with Crippen molar-refractivity contribution in [1.82, 2.24) is 20.1 Å². The van der Waals surface area contributed by atoms with E-state index in [-0.39, 0.29) is 48.0 Å². The number of carbonyl (C=O) groups excluding carboxylic acids is 3. The van der Waals surface area contributed by atoms with Crippen LogP contribution in [0.3, 0.4) is 0 Å². The third-order valence-corrected chi connectivity index (χ3v) is 7.99. The summed E-state index contributed by atoms with van der Waals surface area (Å²) < 4.78 is 9.38. The van der Waals surface area contributed by atoms with E-state index in [9.17, 15) is 19.5 Å². The van der Waals surface area contributed by atoms with E-state index < -0.39 is 18.3 Å². The molecule has 36 heavy (non-hydrogen) atoms. The van der Waals surface area contributed by atoms with Gasteiger partial charge >= 0.3 is 6.16 Å². The molecule has 5 atom stereocenters. The Hall–Kier alpha value is -2.24. The summed E-state index contributed by atoms with van der Waals surface area (Å²) in [7, 11) is 4.88. The Kier molecular flexibility index (Phi) is 11.6. The van der Waals surface area contributed by atoms with Crippen LogP contribution in [0.2, 0.25) is 0 Å². The fourth-order valence-electron chi connectivity index (χ4n) is 4.53. The van der Waals surface area contributed by atoms with Gasteiger partial charge in [0.15, 0.2) is 0 Å². The molecular formula is C25H42N4O6S. The van der Waals surface area contributed by atoms with Gasteiger partial charge in [-0.3, -0.25) is 14.5 Å². The third-order valence-electron chi connectivity index (χ3n) is 7.07. The molecule has 0 saturated carbocycles. The average Bonchev–Trinajstić information content (AvgIpc) is 3.32. The van der Waals surface area contributed by atoms with E-state index >= 15 is 0 Å². The van der Waals surface area contributed by atoms with Crippen molar-refractivity contribution in [3.8, 4) is 5.88 Å². The van der Waals surface area contributed by atoms with E-state index in [0.29, 0.717) is 5.01 Å². The molecular weight excluding hydrogens is 484 g/mol. The first-order chi connectivity index (χ1) is 17.0. The van der Waals surface area contributed by atoms with Crippen molar-refractivity contribution in [3.63, 3.8) is 0 Å². The molecule has 2 N–H and O–H groups in total. The van der Waals surface area contributed by atoms with Gasteiger partial charge in [-0.1, -0.05) is 40.5 Å². The highest BCUT2D eigenvalue weighted by molar-refractivity contribution is 7.09.